The Bertz CT molecular complexity index is 542. The molecule has 1 aromatic rings. The number of nitrogens with zero attached hydrogens (tertiary/aromatic N) is 1. The molecule has 16 heavy (non-hydrogen) atoms. The molecule has 0 saturated heterocycles. The molecule has 0 aromatic heterocycles. The Labute approximate surface area is 119 Å². The van der Waals surface area contributed by atoms with Crippen LogP contribution < -0.4 is 4.18 Å². The zero-order valence-electron chi connectivity index (χ0n) is 7.81. The highest BCUT2D eigenvalue weighted by Gasteiger charge is 2.18. The molecule has 0 amide bonds. The van der Waals surface area contributed by atoms with Gasteiger partial charge in [-0.1, -0.05) is 0 Å². The van der Waals surface area contributed by atoms with Gasteiger partial charge >= 0.3 is 10.1 Å². The Morgan fingerprint density at radius 1 is 1.31 bits per heavy atom. The first-order valence-corrected chi connectivity index (χ1v) is 7.71. The van der Waals surface area contributed by atoms with Gasteiger partial charge in [-0.25, -0.2) is 0 Å². The summed E-state index contributed by atoms with van der Waals surface area (Å²) >= 11 is 3.53. The summed E-state index contributed by atoms with van der Waals surface area (Å²) in [7, 11) is -3.63. The van der Waals surface area contributed by atoms with Gasteiger partial charge in [0.25, 0.3) is 5.69 Å². The van der Waals surface area contributed by atoms with E-state index < -0.39 is 15.0 Å². The third-order valence-electron chi connectivity index (χ3n) is 1.44. The molecule has 0 fully saturated rings. The predicted molar refractivity (Wildman–Crippen MR) is 74.0 cm³/mol. The highest BCUT2D eigenvalue weighted by atomic mass is 127. The van der Waals surface area contributed by atoms with Crippen molar-refractivity contribution in [3.63, 3.8) is 0 Å². The van der Waals surface area contributed by atoms with E-state index in [0.29, 0.717) is 7.14 Å². The van der Waals surface area contributed by atoms with Gasteiger partial charge in [0.15, 0.2) is 5.75 Å². The van der Waals surface area contributed by atoms with Crippen LogP contribution in [-0.4, -0.2) is 19.6 Å². The number of benzene rings is 1. The molecule has 0 radical (unpaired) electrons. The van der Waals surface area contributed by atoms with Crippen molar-refractivity contribution in [1.82, 2.24) is 0 Å². The quantitative estimate of drug-likeness (QED) is 0.293. The van der Waals surface area contributed by atoms with Crippen molar-refractivity contribution in [2.75, 3.05) is 6.26 Å². The number of hydrogen-bond acceptors (Lipinski definition) is 5. The van der Waals surface area contributed by atoms with E-state index in [1.807, 2.05) is 0 Å². The van der Waals surface area contributed by atoms with E-state index in [2.05, 4.69) is 4.18 Å². The highest BCUT2D eigenvalue weighted by Crippen LogP contribution is 2.31. The van der Waals surface area contributed by atoms with Gasteiger partial charge in [-0.15, -0.1) is 0 Å². The molecule has 6 nitrogen and oxygen atoms in total. The van der Waals surface area contributed by atoms with Crippen molar-refractivity contribution in [2.45, 2.75) is 0 Å². The molecular weight excluding hydrogens is 464 g/mol. The minimum Gasteiger partial charge on any atom is -0.381 e. The van der Waals surface area contributed by atoms with Crippen LogP contribution in [0.15, 0.2) is 12.1 Å². The lowest BCUT2D eigenvalue weighted by atomic mass is 10.3. The molecule has 0 aliphatic heterocycles. The average Bonchev–Trinajstić information content (AvgIpc) is 2.07. The zero-order valence-corrected chi connectivity index (χ0v) is 12.9. The first-order chi connectivity index (χ1) is 7.20. The topological polar surface area (TPSA) is 86.5 Å². The van der Waals surface area contributed by atoms with Gasteiger partial charge in [0.1, 0.15) is 0 Å². The molecular formula is C7H5I2NO5S. The van der Waals surface area contributed by atoms with Gasteiger partial charge in [-0.2, -0.15) is 8.42 Å². The van der Waals surface area contributed by atoms with Crippen LogP contribution in [0.5, 0.6) is 5.75 Å². The smallest absolute Gasteiger partial charge is 0.306 e. The van der Waals surface area contributed by atoms with Crippen LogP contribution in [0.2, 0.25) is 0 Å². The fourth-order valence-electron chi connectivity index (χ4n) is 0.885. The maximum absolute atomic E-state index is 10.9. The second-order valence-electron chi connectivity index (χ2n) is 2.78. The molecule has 0 aliphatic rings. The third kappa shape index (κ3) is 3.69. The van der Waals surface area contributed by atoms with E-state index in [9.17, 15) is 18.5 Å². The summed E-state index contributed by atoms with van der Waals surface area (Å²) in [5.74, 6) is 0.0955. The van der Waals surface area contributed by atoms with Gasteiger partial charge < -0.3 is 4.18 Å². The average molecular weight is 469 g/mol. The van der Waals surface area contributed by atoms with Crippen LogP contribution in [0.4, 0.5) is 5.69 Å². The molecule has 1 rings (SSSR count). The highest BCUT2D eigenvalue weighted by molar-refractivity contribution is 14.1. The maximum Gasteiger partial charge on any atom is 0.306 e. The van der Waals surface area contributed by atoms with Crippen molar-refractivity contribution in [2.24, 2.45) is 0 Å². The largest absolute Gasteiger partial charge is 0.381 e. The molecule has 0 spiro atoms. The van der Waals surface area contributed by atoms with E-state index >= 15 is 0 Å². The van der Waals surface area contributed by atoms with Crippen molar-refractivity contribution in [3.05, 3.63) is 29.4 Å². The molecule has 0 bridgehead atoms. The third-order valence-corrected chi connectivity index (χ3v) is 3.63. The molecule has 0 atom stereocenters. The summed E-state index contributed by atoms with van der Waals surface area (Å²) in [6.07, 6.45) is 0.914. The summed E-state index contributed by atoms with van der Waals surface area (Å²) in [6, 6.07) is 2.59. The van der Waals surface area contributed by atoms with Gasteiger partial charge in [0.2, 0.25) is 0 Å². The molecule has 0 N–H and O–H groups in total. The number of rotatable bonds is 3. The number of hydrogen-bond donors (Lipinski definition) is 0. The Morgan fingerprint density at radius 3 is 2.31 bits per heavy atom. The van der Waals surface area contributed by atoms with Crippen molar-refractivity contribution in [3.8, 4) is 5.75 Å². The molecule has 0 aliphatic carbocycles. The van der Waals surface area contributed by atoms with Crippen LogP contribution >= 0.6 is 45.2 Å². The minimum absolute atomic E-state index is 0.0779. The second kappa shape index (κ2) is 5.00. The molecule has 0 unspecified atom stereocenters. The van der Waals surface area contributed by atoms with E-state index in [4.69, 9.17) is 0 Å². The number of nitro benzene ring substituents is 1. The number of halogens is 2. The lowest BCUT2D eigenvalue weighted by molar-refractivity contribution is -0.385. The Kier molecular flexibility index (Phi) is 4.34. The molecule has 0 saturated carbocycles. The van der Waals surface area contributed by atoms with Crippen LogP contribution in [0.1, 0.15) is 0 Å². The Morgan fingerprint density at radius 2 is 1.88 bits per heavy atom. The fourth-order valence-corrected chi connectivity index (χ4v) is 2.69. The van der Waals surface area contributed by atoms with Gasteiger partial charge in [0.05, 0.1) is 18.3 Å². The predicted octanol–water partition coefficient (Wildman–Crippen LogP) is 2.14. The molecule has 0 heterocycles. The van der Waals surface area contributed by atoms with Crippen LogP contribution in [0.25, 0.3) is 0 Å². The lowest BCUT2D eigenvalue weighted by Crippen LogP contribution is -2.07. The van der Waals surface area contributed by atoms with Crippen LogP contribution in [0.3, 0.4) is 0 Å². The maximum atomic E-state index is 10.9. The van der Waals surface area contributed by atoms with Crippen molar-refractivity contribution >= 4 is 61.0 Å². The standard InChI is InChI=1S/C7H5I2NO5S/c1-16(13,14)15-7-3-4(8)6(10(11)12)2-5(7)9/h2-3H,1H3. The first kappa shape index (κ1) is 13.9. The first-order valence-electron chi connectivity index (χ1n) is 3.73. The normalized spacial score (nSPS) is 11.2. The Balaban J connectivity index is 3.26. The fraction of sp³-hybridized carbons (Fsp3) is 0.143. The lowest BCUT2D eigenvalue weighted by Gasteiger charge is -2.06. The van der Waals surface area contributed by atoms with E-state index in [1.165, 1.54) is 12.1 Å². The zero-order chi connectivity index (χ0) is 12.5. The monoisotopic (exact) mass is 469 g/mol. The molecule has 1 aromatic carbocycles. The molecule has 9 heteroatoms. The van der Waals surface area contributed by atoms with E-state index in [0.717, 1.165) is 6.26 Å². The van der Waals surface area contributed by atoms with Gasteiger partial charge in [-0.3, -0.25) is 10.1 Å². The summed E-state index contributed by atoms with van der Waals surface area (Å²) in [5, 5.41) is 10.6. The second-order valence-corrected chi connectivity index (χ2v) is 6.68. The van der Waals surface area contributed by atoms with Crippen LogP contribution in [-0.2, 0) is 10.1 Å². The SMILES string of the molecule is CS(=O)(=O)Oc1cc(I)c([N+](=O)[O-])cc1I. The van der Waals surface area contributed by atoms with Gasteiger partial charge in [-0.05, 0) is 45.2 Å². The minimum atomic E-state index is -3.63. The Hall–Kier alpha value is -0.170. The van der Waals surface area contributed by atoms with E-state index in [-0.39, 0.29) is 11.4 Å². The summed E-state index contributed by atoms with van der Waals surface area (Å²) < 4.78 is 27.2. The number of nitro groups is 1. The summed E-state index contributed by atoms with van der Waals surface area (Å²) in [6.45, 7) is 0. The van der Waals surface area contributed by atoms with Crippen molar-refractivity contribution in [1.29, 1.82) is 0 Å². The van der Waals surface area contributed by atoms with Gasteiger partial charge in [0, 0.05) is 12.1 Å². The van der Waals surface area contributed by atoms with E-state index in [1.54, 1.807) is 45.2 Å². The molecule has 88 valence electrons. The van der Waals surface area contributed by atoms with Crippen molar-refractivity contribution < 1.29 is 17.5 Å². The summed E-state index contributed by atoms with van der Waals surface area (Å²) in [5.41, 5.74) is -0.0779. The van der Waals surface area contributed by atoms with Crippen LogP contribution in [0, 0.1) is 17.3 Å². The summed E-state index contributed by atoms with van der Waals surface area (Å²) in [4.78, 5) is 10.1.